The third-order valence-electron chi connectivity index (χ3n) is 2.90. The molecule has 0 aromatic heterocycles. The normalized spacial score (nSPS) is 10.9. The van der Waals surface area contributed by atoms with Crippen LogP contribution in [-0.4, -0.2) is 36.1 Å². The smallest absolute Gasteiger partial charge is 0.253 e. The van der Waals surface area contributed by atoms with E-state index in [0.29, 0.717) is 12.1 Å². The van der Waals surface area contributed by atoms with E-state index in [2.05, 4.69) is 17.9 Å². The summed E-state index contributed by atoms with van der Waals surface area (Å²) in [4.78, 5) is 13.8. The molecule has 0 saturated heterocycles. The molecule has 20 heavy (non-hydrogen) atoms. The zero-order chi connectivity index (χ0) is 15.1. The van der Waals surface area contributed by atoms with Crippen molar-refractivity contribution in [2.75, 3.05) is 20.2 Å². The molecule has 1 aromatic carbocycles. The first-order chi connectivity index (χ1) is 9.49. The first kappa shape index (κ1) is 15.8. The fourth-order valence-electron chi connectivity index (χ4n) is 1.78. The Morgan fingerprint density at radius 3 is 2.80 bits per heavy atom. The van der Waals surface area contributed by atoms with E-state index in [-0.39, 0.29) is 18.4 Å². The molecule has 0 fully saturated rings. The quantitative estimate of drug-likeness (QED) is 0.848. The van der Waals surface area contributed by atoms with E-state index < -0.39 is 0 Å². The SMILES string of the molecule is Cc1ccc(C(=O)N(C)CC(C)C#N)cc1C#CCO. The molecule has 1 aromatic rings. The molecule has 1 rings (SSSR count). The largest absolute Gasteiger partial charge is 0.384 e. The molecule has 0 heterocycles. The second kappa shape index (κ2) is 7.33. The second-order valence-electron chi connectivity index (χ2n) is 4.71. The van der Waals surface area contributed by atoms with Gasteiger partial charge in [-0.15, -0.1) is 0 Å². The molecule has 0 spiro atoms. The van der Waals surface area contributed by atoms with Gasteiger partial charge in [-0.3, -0.25) is 4.79 Å². The van der Waals surface area contributed by atoms with E-state index >= 15 is 0 Å². The molecule has 1 unspecified atom stereocenters. The van der Waals surface area contributed by atoms with E-state index in [1.807, 2.05) is 13.0 Å². The van der Waals surface area contributed by atoms with Crippen LogP contribution in [-0.2, 0) is 0 Å². The van der Waals surface area contributed by atoms with Gasteiger partial charge >= 0.3 is 0 Å². The lowest BCUT2D eigenvalue weighted by Gasteiger charge is -2.18. The lowest BCUT2D eigenvalue weighted by Crippen LogP contribution is -2.30. The van der Waals surface area contributed by atoms with Crippen LogP contribution in [0.5, 0.6) is 0 Å². The van der Waals surface area contributed by atoms with Crippen LogP contribution in [0.2, 0.25) is 0 Å². The molecule has 0 radical (unpaired) electrons. The van der Waals surface area contributed by atoms with Crippen LogP contribution < -0.4 is 0 Å². The third-order valence-corrected chi connectivity index (χ3v) is 2.90. The molecule has 4 nitrogen and oxygen atoms in total. The first-order valence-electron chi connectivity index (χ1n) is 6.35. The number of amides is 1. The van der Waals surface area contributed by atoms with E-state index in [1.165, 1.54) is 4.90 Å². The van der Waals surface area contributed by atoms with Gasteiger partial charge in [-0.05, 0) is 31.5 Å². The van der Waals surface area contributed by atoms with Crippen molar-refractivity contribution in [2.45, 2.75) is 13.8 Å². The summed E-state index contributed by atoms with van der Waals surface area (Å²) in [6.07, 6.45) is 0. The Balaban J connectivity index is 2.97. The predicted molar refractivity (Wildman–Crippen MR) is 76.9 cm³/mol. The van der Waals surface area contributed by atoms with E-state index in [4.69, 9.17) is 10.4 Å². The average Bonchev–Trinajstić information content (AvgIpc) is 2.45. The molecular formula is C16H18N2O2. The minimum atomic E-state index is -0.211. The standard InChI is InChI=1S/C16H18N2O2/c1-12(10-17)11-18(3)16(20)15-7-6-13(2)14(9-15)5-4-8-19/h6-7,9,12,19H,8,11H2,1-3H3. The number of benzene rings is 1. The molecule has 1 atom stereocenters. The van der Waals surface area contributed by atoms with Crippen LogP contribution in [0.15, 0.2) is 18.2 Å². The van der Waals surface area contributed by atoms with Crippen molar-refractivity contribution in [2.24, 2.45) is 5.92 Å². The van der Waals surface area contributed by atoms with Crippen molar-refractivity contribution in [1.82, 2.24) is 4.90 Å². The molecular weight excluding hydrogens is 252 g/mol. The molecule has 0 aliphatic heterocycles. The maximum atomic E-state index is 12.3. The van der Waals surface area contributed by atoms with Crippen molar-refractivity contribution in [3.8, 4) is 17.9 Å². The molecule has 0 aliphatic rings. The van der Waals surface area contributed by atoms with Crippen molar-refractivity contribution in [3.63, 3.8) is 0 Å². The molecule has 1 amide bonds. The number of carbonyl (C=O) groups excluding carboxylic acids is 1. The molecule has 104 valence electrons. The summed E-state index contributed by atoms with van der Waals surface area (Å²) in [7, 11) is 1.68. The van der Waals surface area contributed by atoms with Gasteiger partial charge in [-0.25, -0.2) is 0 Å². The van der Waals surface area contributed by atoms with Gasteiger partial charge in [0.25, 0.3) is 5.91 Å². The van der Waals surface area contributed by atoms with Crippen LogP contribution in [0.25, 0.3) is 0 Å². The highest BCUT2D eigenvalue weighted by Gasteiger charge is 2.14. The number of hydrogen-bond donors (Lipinski definition) is 1. The number of nitriles is 1. The molecule has 0 bridgehead atoms. The highest BCUT2D eigenvalue weighted by atomic mass is 16.2. The summed E-state index contributed by atoms with van der Waals surface area (Å²) < 4.78 is 0. The van der Waals surface area contributed by atoms with Crippen LogP contribution in [0.4, 0.5) is 0 Å². The number of nitrogens with zero attached hydrogens (tertiary/aromatic N) is 2. The number of aryl methyl sites for hydroxylation is 1. The number of carbonyl (C=O) groups is 1. The average molecular weight is 270 g/mol. The van der Waals surface area contributed by atoms with Gasteiger partial charge in [-0.1, -0.05) is 17.9 Å². The van der Waals surface area contributed by atoms with Gasteiger partial charge in [0.15, 0.2) is 0 Å². The number of aliphatic hydroxyl groups excluding tert-OH is 1. The fraction of sp³-hybridized carbons (Fsp3) is 0.375. The van der Waals surface area contributed by atoms with Crippen molar-refractivity contribution < 1.29 is 9.90 Å². The summed E-state index contributed by atoms with van der Waals surface area (Å²) >= 11 is 0. The fourth-order valence-corrected chi connectivity index (χ4v) is 1.78. The third kappa shape index (κ3) is 4.12. The summed E-state index contributed by atoms with van der Waals surface area (Å²) in [5, 5.41) is 17.5. The van der Waals surface area contributed by atoms with Gasteiger partial charge in [0.05, 0.1) is 12.0 Å². The molecule has 4 heteroatoms. The van der Waals surface area contributed by atoms with Crippen molar-refractivity contribution in [3.05, 3.63) is 34.9 Å². The van der Waals surface area contributed by atoms with Crippen molar-refractivity contribution >= 4 is 5.91 Å². The van der Waals surface area contributed by atoms with Gasteiger partial charge in [0.1, 0.15) is 6.61 Å². The topological polar surface area (TPSA) is 64.3 Å². The predicted octanol–water partition coefficient (Wildman–Crippen LogP) is 1.57. The molecule has 0 aliphatic carbocycles. The Hall–Kier alpha value is -2.30. The lowest BCUT2D eigenvalue weighted by molar-refractivity contribution is 0.0785. The monoisotopic (exact) mass is 270 g/mol. The number of aliphatic hydroxyl groups is 1. The van der Waals surface area contributed by atoms with Crippen LogP contribution >= 0.6 is 0 Å². The second-order valence-corrected chi connectivity index (χ2v) is 4.71. The summed E-state index contributed by atoms with van der Waals surface area (Å²) in [6, 6.07) is 7.40. The van der Waals surface area contributed by atoms with Gasteiger partial charge in [-0.2, -0.15) is 5.26 Å². The zero-order valence-corrected chi connectivity index (χ0v) is 12.0. The highest BCUT2D eigenvalue weighted by molar-refractivity contribution is 5.94. The van der Waals surface area contributed by atoms with Crippen LogP contribution in [0.1, 0.15) is 28.4 Å². The lowest BCUT2D eigenvalue weighted by atomic mass is 10.0. The van der Waals surface area contributed by atoms with Crippen LogP contribution in [0.3, 0.4) is 0 Å². The Morgan fingerprint density at radius 1 is 1.50 bits per heavy atom. The van der Waals surface area contributed by atoms with Gasteiger partial charge < -0.3 is 10.0 Å². The Labute approximate surface area is 119 Å². The Bertz CT molecular complexity index is 591. The Morgan fingerprint density at radius 2 is 2.20 bits per heavy atom. The first-order valence-corrected chi connectivity index (χ1v) is 6.35. The number of hydrogen-bond acceptors (Lipinski definition) is 3. The molecule has 1 N–H and O–H groups in total. The minimum Gasteiger partial charge on any atom is -0.384 e. The minimum absolute atomic E-state index is 0.140. The van der Waals surface area contributed by atoms with Crippen LogP contribution in [0, 0.1) is 36.0 Å². The highest BCUT2D eigenvalue weighted by Crippen LogP contribution is 2.12. The maximum Gasteiger partial charge on any atom is 0.253 e. The van der Waals surface area contributed by atoms with Gasteiger partial charge in [0, 0.05) is 24.7 Å². The summed E-state index contributed by atoms with van der Waals surface area (Å²) in [5.41, 5.74) is 2.22. The van der Waals surface area contributed by atoms with E-state index in [9.17, 15) is 4.79 Å². The molecule has 0 saturated carbocycles. The van der Waals surface area contributed by atoms with Crippen molar-refractivity contribution in [1.29, 1.82) is 5.26 Å². The van der Waals surface area contributed by atoms with E-state index in [0.717, 1.165) is 11.1 Å². The zero-order valence-electron chi connectivity index (χ0n) is 12.0. The summed E-state index contributed by atoms with van der Waals surface area (Å²) in [6.45, 7) is 3.85. The number of rotatable bonds is 3. The maximum absolute atomic E-state index is 12.3. The Kier molecular flexibility index (Phi) is 5.77. The van der Waals surface area contributed by atoms with E-state index in [1.54, 1.807) is 26.1 Å². The summed E-state index contributed by atoms with van der Waals surface area (Å²) in [5.74, 6) is 5.06. The van der Waals surface area contributed by atoms with Gasteiger partial charge in [0.2, 0.25) is 0 Å².